The standard InChI is InChI=1S/C20H16BrClO4/c1-13-10-16(6-8-18(13)22)24-12-17-7-9-19(26-17)20(23)25-11-14-2-4-15(21)5-3-14/h2-10H,11-12H2,1H3. The molecule has 4 nitrogen and oxygen atoms in total. The Balaban J connectivity index is 1.54. The van der Waals surface area contributed by atoms with Crippen molar-refractivity contribution in [2.24, 2.45) is 0 Å². The SMILES string of the molecule is Cc1cc(OCc2ccc(C(=O)OCc3ccc(Br)cc3)o2)ccc1Cl. The molecule has 3 aromatic rings. The van der Waals surface area contributed by atoms with E-state index in [1.165, 1.54) is 0 Å². The van der Waals surface area contributed by atoms with Crippen LogP contribution in [0.4, 0.5) is 0 Å². The molecule has 6 heteroatoms. The second kappa shape index (κ2) is 8.43. The number of furan rings is 1. The average molecular weight is 436 g/mol. The number of aryl methyl sites for hydroxylation is 1. The van der Waals surface area contributed by atoms with Crippen LogP contribution in [0, 0.1) is 6.92 Å². The van der Waals surface area contributed by atoms with Crippen molar-refractivity contribution in [1.29, 1.82) is 0 Å². The highest BCUT2D eigenvalue weighted by Crippen LogP contribution is 2.22. The summed E-state index contributed by atoms with van der Waals surface area (Å²) in [5, 5.41) is 0.686. The lowest BCUT2D eigenvalue weighted by Crippen LogP contribution is -2.04. The number of hydrogen-bond donors (Lipinski definition) is 0. The highest BCUT2D eigenvalue weighted by molar-refractivity contribution is 9.10. The zero-order valence-electron chi connectivity index (χ0n) is 14.0. The molecule has 1 heterocycles. The number of rotatable bonds is 6. The third-order valence-electron chi connectivity index (χ3n) is 3.66. The van der Waals surface area contributed by atoms with Gasteiger partial charge in [0.2, 0.25) is 5.76 Å². The van der Waals surface area contributed by atoms with Crippen LogP contribution in [0.25, 0.3) is 0 Å². The van der Waals surface area contributed by atoms with Gasteiger partial charge in [0.25, 0.3) is 0 Å². The molecule has 0 saturated carbocycles. The third kappa shape index (κ3) is 4.90. The zero-order valence-corrected chi connectivity index (χ0v) is 16.3. The van der Waals surface area contributed by atoms with Gasteiger partial charge in [0.15, 0.2) is 0 Å². The number of halogens is 2. The van der Waals surface area contributed by atoms with Crippen molar-refractivity contribution < 1.29 is 18.7 Å². The fourth-order valence-electron chi connectivity index (χ4n) is 2.23. The normalized spacial score (nSPS) is 10.6. The molecule has 0 amide bonds. The van der Waals surface area contributed by atoms with Crippen LogP contribution in [0.2, 0.25) is 5.02 Å². The molecule has 0 saturated heterocycles. The minimum Gasteiger partial charge on any atom is -0.486 e. The van der Waals surface area contributed by atoms with Gasteiger partial charge in [0, 0.05) is 9.50 Å². The van der Waals surface area contributed by atoms with E-state index in [1.807, 2.05) is 37.3 Å². The fourth-order valence-corrected chi connectivity index (χ4v) is 2.61. The molecule has 0 fully saturated rings. The number of carbonyl (C=O) groups is 1. The van der Waals surface area contributed by atoms with E-state index in [-0.39, 0.29) is 19.0 Å². The molecule has 0 unspecified atom stereocenters. The molecular formula is C20H16BrClO4. The molecule has 3 rings (SSSR count). The van der Waals surface area contributed by atoms with Crippen LogP contribution < -0.4 is 4.74 Å². The van der Waals surface area contributed by atoms with Crippen molar-refractivity contribution in [3.05, 3.63) is 86.7 Å². The summed E-state index contributed by atoms with van der Waals surface area (Å²) in [5.41, 5.74) is 1.83. The Morgan fingerprint density at radius 3 is 2.58 bits per heavy atom. The third-order valence-corrected chi connectivity index (χ3v) is 4.61. The van der Waals surface area contributed by atoms with E-state index in [0.29, 0.717) is 16.5 Å². The van der Waals surface area contributed by atoms with Crippen LogP contribution in [0.5, 0.6) is 5.75 Å². The van der Waals surface area contributed by atoms with Gasteiger partial charge in [0.1, 0.15) is 24.7 Å². The lowest BCUT2D eigenvalue weighted by atomic mass is 10.2. The van der Waals surface area contributed by atoms with Gasteiger partial charge < -0.3 is 13.9 Å². The van der Waals surface area contributed by atoms with Crippen molar-refractivity contribution in [3.63, 3.8) is 0 Å². The summed E-state index contributed by atoms with van der Waals surface area (Å²) in [6.45, 7) is 2.30. The number of hydrogen-bond acceptors (Lipinski definition) is 4. The first-order valence-electron chi connectivity index (χ1n) is 7.90. The van der Waals surface area contributed by atoms with Crippen molar-refractivity contribution >= 4 is 33.5 Å². The summed E-state index contributed by atoms with van der Waals surface area (Å²) in [4.78, 5) is 12.1. The molecule has 0 radical (unpaired) electrons. The summed E-state index contributed by atoms with van der Waals surface area (Å²) in [7, 11) is 0. The Labute approximate surface area is 164 Å². The predicted molar refractivity (Wildman–Crippen MR) is 102 cm³/mol. The molecule has 0 aliphatic rings. The van der Waals surface area contributed by atoms with Gasteiger partial charge in [-0.15, -0.1) is 0 Å². The van der Waals surface area contributed by atoms with E-state index in [4.69, 9.17) is 25.5 Å². The van der Waals surface area contributed by atoms with E-state index in [9.17, 15) is 4.79 Å². The van der Waals surface area contributed by atoms with Crippen LogP contribution in [-0.4, -0.2) is 5.97 Å². The van der Waals surface area contributed by atoms with Gasteiger partial charge in [0.05, 0.1) is 0 Å². The van der Waals surface area contributed by atoms with Gasteiger partial charge in [-0.1, -0.05) is 39.7 Å². The molecule has 0 spiro atoms. The summed E-state index contributed by atoms with van der Waals surface area (Å²) < 4.78 is 17.4. The molecule has 0 aliphatic heterocycles. The van der Waals surface area contributed by atoms with E-state index in [0.717, 1.165) is 15.6 Å². The predicted octanol–water partition coefficient (Wildman–Crippen LogP) is 5.94. The lowest BCUT2D eigenvalue weighted by Gasteiger charge is -2.06. The highest BCUT2D eigenvalue weighted by atomic mass is 79.9. The van der Waals surface area contributed by atoms with E-state index in [2.05, 4.69) is 15.9 Å². The highest BCUT2D eigenvalue weighted by Gasteiger charge is 2.13. The second-order valence-corrected chi connectivity index (χ2v) is 6.99. The van der Waals surface area contributed by atoms with Gasteiger partial charge in [-0.25, -0.2) is 4.79 Å². The Kier molecular flexibility index (Phi) is 6.01. The number of esters is 1. The smallest absolute Gasteiger partial charge is 0.374 e. The molecule has 0 N–H and O–H groups in total. The Morgan fingerprint density at radius 1 is 1.08 bits per heavy atom. The van der Waals surface area contributed by atoms with Crippen LogP contribution in [0.1, 0.15) is 27.4 Å². The number of carbonyl (C=O) groups excluding carboxylic acids is 1. The summed E-state index contributed by atoms with van der Waals surface area (Å²) >= 11 is 9.35. The Bertz CT molecular complexity index is 902. The van der Waals surface area contributed by atoms with Crippen LogP contribution in [-0.2, 0) is 18.0 Å². The Morgan fingerprint density at radius 2 is 1.85 bits per heavy atom. The molecule has 26 heavy (non-hydrogen) atoms. The van der Waals surface area contributed by atoms with Crippen molar-refractivity contribution in [2.75, 3.05) is 0 Å². The van der Waals surface area contributed by atoms with E-state index in [1.54, 1.807) is 24.3 Å². The number of benzene rings is 2. The van der Waals surface area contributed by atoms with Gasteiger partial charge in [-0.2, -0.15) is 0 Å². The molecule has 134 valence electrons. The largest absolute Gasteiger partial charge is 0.486 e. The minimum absolute atomic E-state index is 0.146. The van der Waals surface area contributed by atoms with Gasteiger partial charge >= 0.3 is 5.97 Å². The Hall–Kier alpha value is -2.24. The zero-order chi connectivity index (χ0) is 18.5. The monoisotopic (exact) mass is 434 g/mol. The minimum atomic E-state index is -0.512. The van der Waals surface area contributed by atoms with Gasteiger partial charge in [-0.05, 0) is 60.5 Å². The first-order valence-corrected chi connectivity index (χ1v) is 9.07. The molecule has 2 aromatic carbocycles. The lowest BCUT2D eigenvalue weighted by molar-refractivity contribution is 0.0432. The van der Waals surface area contributed by atoms with Crippen LogP contribution in [0.15, 0.2) is 63.5 Å². The quantitative estimate of drug-likeness (QED) is 0.450. The van der Waals surface area contributed by atoms with Crippen molar-refractivity contribution in [3.8, 4) is 5.75 Å². The fraction of sp³-hybridized carbons (Fsp3) is 0.150. The molecule has 0 bridgehead atoms. The summed E-state index contributed by atoms with van der Waals surface area (Å²) in [6, 6.07) is 16.2. The maximum absolute atomic E-state index is 12.1. The maximum Gasteiger partial charge on any atom is 0.374 e. The number of ether oxygens (including phenoxy) is 2. The second-order valence-electron chi connectivity index (χ2n) is 5.67. The van der Waals surface area contributed by atoms with Crippen LogP contribution >= 0.6 is 27.5 Å². The van der Waals surface area contributed by atoms with E-state index >= 15 is 0 Å². The maximum atomic E-state index is 12.1. The van der Waals surface area contributed by atoms with Crippen molar-refractivity contribution in [2.45, 2.75) is 20.1 Å². The molecule has 0 atom stereocenters. The summed E-state index contributed by atoms with van der Waals surface area (Å²) in [5.74, 6) is 0.852. The van der Waals surface area contributed by atoms with E-state index < -0.39 is 5.97 Å². The van der Waals surface area contributed by atoms with Crippen molar-refractivity contribution in [1.82, 2.24) is 0 Å². The van der Waals surface area contributed by atoms with Crippen LogP contribution in [0.3, 0.4) is 0 Å². The molecule has 0 aliphatic carbocycles. The first-order chi connectivity index (χ1) is 12.5. The summed E-state index contributed by atoms with van der Waals surface area (Å²) in [6.07, 6.45) is 0. The molecule has 1 aromatic heterocycles. The first kappa shape index (κ1) is 18.5. The van der Waals surface area contributed by atoms with Gasteiger partial charge in [-0.3, -0.25) is 0 Å². The topological polar surface area (TPSA) is 48.7 Å². The average Bonchev–Trinajstić information content (AvgIpc) is 3.11. The molecular weight excluding hydrogens is 420 g/mol.